The number of aryl methyl sites for hydroxylation is 2. The predicted molar refractivity (Wildman–Crippen MR) is 126 cm³/mol. The molecule has 0 radical (unpaired) electrons. The third-order valence-electron chi connectivity index (χ3n) is 5.06. The molecule has 0 saturated heterocycles. The Morgan fingerprint density at radius 3 is 2.09 bits per heavy atom. The fourth-order valence-electron chi connectivity index (χ4n) is 3.39. The Balaban J connectivity index is 1.44. The van der Waals surface area contributed by atoms with E-state index < -0.39 is 5.91 Å². The van der Waals surface area contributed by atoms with Crippen LogP contribution in [0.25, 0.3) is 0 Å². The second kappa shape index (κ2) is 9.36. The van der Waals surface area contributed by atoms with Gasteiger partial charge < -0.3 is 34.8 Å². The van der Waals surface area contributed by atoms with Crippen LogP contribution in [0, 0.1) is 0 Å². The van der Waals surface area contributed by atoms with E-state index in [1.54, 1.807) is 78.2 Å². The quantitative estimate of drug-likeness (QED) is 0.336. The number of carbonyl (C=O) groups is 3. The molecule has 174 valence electrons. The standard InChI is InChI=1S/C23H23N7O4/c1-29-11-15(26-21(31)14-5-4-6-17(7-14)34-3)8-18(29)22(32)27-16-9-19(30(2)12-16)23(33)28-20-10-24-13-25-20/h4-13H,1-3H3,(H,24,25)(H,26,31)(H,27,32)(H,28,33). The van der Waals surface area contributed by atoms with Gasteiger partial charge in [0, 0.05) is 38.2 Å². The molecular formula is C23H23N7O4. The first-order valence-corrected chi connectivity index (χ1v) is 10.2. The van der Waals surface area contributed by atoms with Crippen molar-refractivity contribution >= 4 is 34.9 Å². The number of hydrogen-bond donors (Lipinski definition) is 4. The van der Waals surface area contributed by atoms with E-state index in [0.29, 0.717) is 39.9 Å². The normalized spacial score (nSPS) is 10.6. The Kier molecular flexibility index (Phi) is 6.17. The topological polar surface area (TPSA) is 135 Å². The molecule has 0 unspecified atom stereocenters. The summed E-state index contributed by atoms with van der Waals surface area (Å²) in [7, 11) is 4.92. The van der Waals surface area contributed by atoms with Gasteiger partial charge >= 0.3 is 0 Å². The van der Waals surface area contributed by atoms with Gasteiger partial charge in [-0.1, -0.05) is 6.07 Å². The number of anilines is 3. The van der Waals surface area contributed by atoms with Gasteiger partial charge in [-0.25, -0.2) is 4.98 Å². The number of nitrogens with zero attached hydrogens (tertiary/aromatic N) is 3. The van der Waals surface area contributed by atoms with E-state index in [0.717, 1.165) is 0 Å². The molecule has 0 spiro atoms. The average Bonchev–Trinajstić information content (AvgIpc) is 3.54. The zero-order chi connectivity index (χ0) is 24.2. The van der Waals surface area contributed by atoms with Crippen molar-refractivity contribution in [1.82, 2.24) is 19.1 Å². The molecule has 0 atom stereocenters. The lowest BCUT2D eigenvalue weighted by Gasteiger charge is -2.04. The molecule has 4 aromatic rings. The minimum Gasteiger partial charge on any atom is -0.497 e. The van der Waals surface area contributed by atoms with E-state index in [1.165, 1.54) is 13.4 Å². The van der Waals surface area contributed by atoms with E-state index >= 15 is 0 Å². The average molecular weight is 461 g/mol. The molecule has 0 saturated carbocycles. The van der Waals surface area contributed by atoms with Gasteiger partial charge in [-0.2, -0.15) is 0 Å². The van der Waals surface area contributed by atoms with Crippen molar-refractivity contribution in [3.05, 3.63) is 78.3 Å². The molecule has 3 amide bonds. The number of amides is 3. The Morgan fingerprint density at radius 1 is 0.882 bits per heavy atom. The van der Waals surface area contributed by atoms with Crippen LogP contribution in [0.3, 0.4) is 0 Å². The Morgan fingerprint density at radius 2 is 1.50 bits per heavy atom. The van der Waals surface area contributed by atoms with Gasteiger partial charge in [0.1, 0.15) is 17.1 Å². The van der Waals surface area contributed by atoms with Gasteiger partial charge in [0.15, 0.2) is 5.82 Å². The van der Waals surface area contributed by atoms with Gasteiger partial charge in [0.25, 0.3) is 17.7 Å². The van der Waals surface area contributed by atoms with Crippen molar-refractivity contribution in [1.29, 1.82) is 0 Å². The lowest BCUT2D eigenvalue weighted by atomic mass is 10.2. The van der Waals surface area contributed by atoms with Crippen LogP contribution in [0.2, 0.25) is 0 Å². The molecule has 4 N–H and O–H groups in total. The summed E-state index contributed by atoms with van der Waals surface area (Å²) in [5.74, 6) is -0.122. The number of ether oxygens (including phenoxy) is 1. The van der Waals surface area contributed by atoms with Gasteiger partial charge in [-0.3, -0.25) is 14.4 Å². The minimum absolute atomic E-state index is 0.326. The van der Waals surface area contributed by atoms with Crippen LogP contribution < -0.4 is 20.7 Å². The number of methoxy groups -OCH3 is 1. The van der Waals surface area contributed by atoms with Gasteiger partial charge in [-0.15, -0.1) is 0 Å². The number of nitrogens with one attached hydrogen (secondary N) is 4. The van der Waals surface area contributed by atoms with E-state index in [4.69, 9.17) is 4.74 Å². The molecule has 3 heterocycles. The summed E-state index contributed by atoms with van der Waals surface area (Å²) in [4.78, 5) is 44.6. The molecular weight excluding hydrogens is 438 g/mol. The van der Waals surface area contributed by atoms with Crippen molar-refractivity contribution in [3.8, 4) is 5.75 Å². The highest BCUT2D eigenvalue weighted by molar-refractivity contribution is 6.08. The Bertz CT molecular complexity index is 1350. The van der Waals surface area contributed by atoms with Crippen molar-refractivity contribution in [2.24, 2.45) is 14.1 Å². The number of H-pyrrole nitrogens is 1. The first-order valence-electron chi connectivity index (χ1n) is 10.2. The van der Waals surface area contributed by atoms with Crippen LogP contribution in [0.15, 0.2) is 61.3 Å². The van der Waals surface area contributed by atoms with Crippen molar-refractivity contribution in [2.45, 2.75) is 0 Å². The monoisotopic (exact) mass is 461 g/mol. The fraction of sp³-hybridized carbons (Fsp3) is 0.130. The Hall–Kier alpha value is -4.80. The first-order chi connectivity index (χ1) is 16.3. The molecule has 0 aliphatic carbocycles. The molecule has 0 aliphatic heterocycles. The summed E-state index contributed by atoms with van der Waals surface area (Å²) in [6.45, 7) is 0. The highest BCUT2D eigenvalue weighted by atomic mass is 16.5. The third-order valence-corrected chi connectivity index (χ3v) is 5.06. The molecule has 0 aliphatic rings. The number of aromatic nitrogens is 4. The SMILES string of the molecule is COc1cccc(C(=O)Nc2cc(C(=O)Nc3cc(C(=O)Nc4c[nH]cn4)n(C)c3)n(C)c2)c1. The third kappa shape index (κ3) is 4.83. The van der Waals surface area contributed by atoms with E-state index in [2.05, 4.69) is 25.9 Å². The summed E-state index contributed by atoms with van der Waals surface area (Å²) < 4.78 is 8.35. The summed E-state index contributed by atoms with van der Waals surface area (Å²) >= 11 is 0. The number of aromatic amines is 1. The van der Waals surface area contributed by atoms with E-state index in [-0.39, 0.29) is 11.8 Å². The summed E-state index contributed by atoms with van der Waals surface area (Å²) in [5.41, 5.74) is 2.01. The van der Waals surface area contributed by atoms with E-state index in [1.807, 2.05) is 0 Å². The number of benzene rings is 1. The maximum absolute atomic E-state index is 12.8. The Labute approximate surface area is 194 Å². The lowest BCUT2D eigenvalue weighted by Crippen LogP contribution is -2.15. The second-order valence-electron chi connectivity index (χ2n) is 7.50. The summed E-state index contributed by atoms with van der Waals surface area (Å²) in [6.07, 6.45) is 6.29. The number of rotatable bonds is 7. The smallest absolute Gasteiger partial charge is 0.273 e. The highest BCUT2D eigenvalue weighted by Crippen LogP contribution is 2.19. The van der Waals surface area contributed by atoms with Crippen molar-refractivity contribution in [3.63, 3.8) is 0 Å². The molecule has 11 heteroatoms. The molecule has 11 nitrogen and oxygen atoms in total. The highest BCUT2D eigenvalue weighted by Gasteiger charge is 2.18. The largest absolute Gasteiger partial charge is 0.497 e. The van der Waals surface area contributed by atoms with Crippen LogP contribution in [-0.2, 0) is 14.1 Å². The molecule has 0 bridgehead atoms. The predicted octanol–water partition coefficient (Wildman–Crippen LogP) is 2.85. The number of hydrogen-bond acceptors (Lipinski definition) is 5. The fourth-order valence-corrected chi connectivity index (χ4v) is 3.39. The van der Waals surface area contributed by atoms with Gasteiger partial charge in [-0.05, 0) is 30.3 Å². The maximum Gasteiger partial charge on any atom is 0.273 e. The van der Waals surface area contributed by atoms with Crippen molar-refractivity contribution < 1.29 is 19.1 Å². The molecule has 4 rings (SSSR count). The first kappa shape index (κ1) is 22.4. The van der Waals surface area contributed by atoms with Crippen LogP contribution in [0.5, 0.6) is 5.75 Å². The second-order valence-corrected chi connectivity index (χ2v) is 7.50. The van der Waals surface area contributed by atoms with Crippen LogP contribution in [0.4, 0.5) is 17.2 Å². The summed E-state index contributed by atoms with van der Waals surface area (Å²) in [5, 5.41) is 8.22. The molecule has 0 fully saturated rings. The molecule has 3 aromatic heterocycles. The number of carbonyl (C=O) groups excluding carboxylic acids is 3. The van der Waals surface area contributed by atoms with Crippen LogP contribution in [-0.4, -0.2) is 43.9 Å². The lowest BCUT2D eigenvalue weighted by molar-refractivity contribution is 0.101. The molecule has 1 aromatic carbocycles. The minimum atomic E-state index is -0.394. The van der Waals surface area contributed by atoms with Crippen LogP contribution in [0.1, 0.15) is 31.3 Å². The van der Waals surface area contributed by atoms with Gasteiger partial charge in [0.05, 0.1) is 24.8 Å². The summed E-state index contributed by atoms with van der Waals surface area (Å²) in [6, 6.07) is 9.90. The van der Waals surface area contributed by atoms with Gasteiger partial charge in [0.2, 0.25) is 0 Å². The molecule has 34 heavy (non-hydrogen) atoms. The maximum atomic E-state index is 12.8. The van der Waals surface area contributed by atoms with E-state index in [9.17, 15) is 14.4 Å². The zero-order valence-corrected chi connectivity index (χ0v) is 18.7. The zero-order valence-electron chi connectivity index (χ0n) is 18.7. The number of imidazole rings is 1. The van der Waals surface area contributed by atoms with Crippen molar-refractivity contribution in [2.75, 3.05) is 23.1 Å². The van der Waals surface area contributed by atoms with Crippen LogP contribution >= 0.6 is 0 Å².